The third-order valence-electron chi connectivity index (χ3n) is 5.22. The van der Waals surface area contributed by atoms with Gasteiger partial charge in [0.25, 0.3) is 0 Å². The van der Waals surface area contributed by atoms with Crippen molar-refractivity contribution in [3.8, 4) is 17.2 Å². The van der Waals surface area contributed by atoms with Crippen molar-refractivity contribution in [2.75, 3.05) is 53.3 Å². The van der Waals surface area contributed by atoms with E-state index >= 15 is 0 Å². The molecule has 6 nitrogen and oxygen atoms in total. The molecule has 0 saturated carbocycles. The first kappa shape index (κ1) is 22.3. The maximum atomic E-state index is 12.6. The summed E-state index contributed by atoms with van der Waals surface area (Å²) in [6.45, 7) is 4.16. The van der Waals surface area contributed by atoms with Crippen LogP contribution in [0.4, 0.5) is 0 Å². The summed E-state index contributed by atoms with van der Waals surface area (Å²) >= 11 is 1.71. The number of benzene rings is 2. The van der Waals surface area contributed by atoms with Gasteiger partial charge in [0.05, 0.1) is 21.3 Å². The Kier molecular flexibility index (Phi) is 8.28. The highest BCUT2D eigenvalue weighted by molar-refractivity contribution is 7.99. The van der Waals surface area contributed by atoms with Crippen LogP contribution < -0.4 is 14.2 Å². The van der Waals surface area contributed by atoms with Crippen LogP contribution in [-0.2, 0) is 11.3 Å². The third kappa shape index (κ3) is 6.06. The Morgan fingerprint density at radius 1 is 0.900 bits per heavy atom. The van der Waals surface area contributed by atoms with E-state index in [-0.39, 0.29) is 5.91 Å². The van der Waals surface area contributed by atoms with Crippen molar-refractivity contribution in [2.24, 2.45) is 0 Å². The Morgan fingerprint density at radius 2 is 1.60 bits per heavy atom. The van der Waals surface area contributed by atoms with Crippen LogP contribution in [0, 0.1) is 0 Å². The van der Waals surface area contributed by atoms with E-state index in [1.807, 2.05) is 41.3 Å². The third-order valence-corrected chi connectivity index (χ3v) is 6.24. The van der Waals surface area contributed by atoms with Gasteiger partial charge in [-0.25, -0.2) is 0 Å². The lowest BCUT2D eigenvalue weighted by Crippen LogP contribution is -2.48. The smallest absolute Gasteiger partial charge is 0.223 e. The quantitative estimate of drug-likeness (QED) is 0.567. The highest BCUT2D eigenvalue weighted by Crippen LogP contribution is 2.28. The molecule has 1 saturated heterocycles. The summed E-state index contributed by atoms with van der Waals surface area (Å²) in [4.78, 5) is 18.1. The number of nitrogens with zero attached hydrogens (tertiary/aromatic N) is 2. The maximum absolute atomic E-state index is 12.6. The summed E-state index contributed by atoms with van der Waals surface area (Å²) in [6.07, 6.45) is 0.562. The molecule has 1 heterocycles. The van der Waals surface area contributed by atoms with Crippen molar-refractivity contribution in [2.45, 2.75) is 17.9 Å². The molecule has 30 heavy (non-hydrogen) atoms. The van der Waals surface area contributed by atoms with Gasteiger partial charge in [-0.2, -0.15) is 0 Å². The largest absolute Gasteiger partial charge is 0.497 e. The van der Waals surface area contributed by atoms with Gasteiger partial charge in [-0.3, -0.25) is 9.69 Å². The molecule has 0 unspecified atom stereocenters. The molecule has 1 aliphatic heterocycles. The van der Waals surface area contributed by atoms with Gasteiger partial charge >= 0.3 is 0 Å². The van der Waals surface area contributed by atoms with Gasteiger partial charge in [0.2, 0.25) is 5.91 Å². The average molecular weight is 431 g/mol. The van der Waals surface area contributed by atoms with E-state index < -0.39 is 0 Å². The van der Waals surface area contributed by atoms with Crippen LogP contribution in [0.25, 0.3) is 0 Å². The fourth-order valence-electron chi connectivity index (χ4n) is 3.48. The van der Waals surface area contributed by atoms with Crippen LogP contribution in [-0.4, -0.2) is 69.0 Å². The number of rotatable bonds is 9. The van der Waals surface area contributed by atoms with Gasteiger partial charge < -0.3 is 19.1 Å². The van der Waals surface area contributed by atoms with Gasteiger partial charge in [-0.1, -0.05) is 6.07 Å². The highest BCUT2D eigenvalue weighted by Gasteiger charge is 2.21. The minimum absolute atomic E-state index is 0.238. The molecule has 162 valence electrons. The maximum Gasteiger partial charge on any atom is 0.223 e. The van der Waals surface area contributed by atoms with E-state index in [4.69, 9.17) is 14.2 Å². The molecule has 0 aliphatic carbocycles. The number of methoxy groups -OCH3 is 3. The molecule has 1 aliphatic rings. The average Bonchev–Trinajstić information content (AvgIpc) is 2.79. The Bertz CT molecular complexity index is 820. The molecule has 2 aromatic carbocycles. The molecule has 0 bridgehead atoms. The summed E-state index contributed by atoms with van der Waals surface area (Å²) in [5, 5.41) is 0. The van der Waals surface area contributed by atoms with Crippen molar-refractivity contribution in [1.29, 1.82) is 0 Å². The summed E-state index contributed by atoms with van der Waals surface area (Å²) in [7, 11) is 4.95. The first-order valence-electron chi connectivity index (χ1n) is 10.1. The van der Waals surface area contributed by atoms with Crippen LogP contribution in [0.1, 0.15) is 12.0 Å². The minimum atomic E-state index is 0.238. The molecule has 7 heteroatoms. The lowest BCUT2D eigenvalue weighted by molar-refractivity contribution is -0.132. The first-order chi connectivity index (χ1) is 14.6. The zero-order chi connectivity index (χ0) is 21.3. The monoisotopic (exact) mass is 430 g/mol. The molecule has 0 atom stereocenters. The van der Waals surface area contributed by atoms with E-state index in [2.05, 4.69) is 11.0 Å². The van der Waals surface area contributed by atoms with Crippen LogP contribution in [0.2, 0.25) is 0 Å². The van der Waals surface area contributed by atoms with E-state index in [0.717, 1.165) is 60.6 Å². The van der Waals surface area contributed by atoms with Crippen LogP contribution >= 0.6 is 11.8 Å². The second-order valence-corrected chi connectivity index (χ2v) is 8.29. The van der Waals surface area contributed by atoms with Crippen molar-refractivity contribution in [1.82, 2.24) is 9.80 Å². The van der Waals surface area contributed by atoms with E-state index in [1.165, 1.54) is 5.56 Å². The van der Waals surface area contributed by atoms with Gasteiger partial charge in [0, 0.05) is 49.8 Å². The highest BCUT2D eigenvalue weighted by atomic mass is 32.2. The SMILES string of the molecule is COc1ccc(SCCC(=O)N2CCN(Cc3ccc(OC)c(OC)c3)CC2)cc1. The van der Waals surface area contributed by atoms with Crippen molar-refractivity contribution in [3.05, 3.63) is 48.0 Å². The van der Waals surface area contributed by atoms with E-state index in [9.17, 15) is 4.79 Å². The fourth-order valence-corrected chi connectivity index (χ4v) is 4.32. The Morgan fingerprint density at radius 3 is 2.23 bits per heavy atom. The Labute approximate surface area is 183 Å². The zero-order valence-electron chi connectivity index (χ0n) is 17.9. The van der Waals surface area contributed by atoms with Crippen molar-refractivity contribution >= 4 is 17.7 Å². The fraction of sp³-hybridized carbons (Fsp3) is 0.435. The summed E-state index contributed by atoms with van der Waals surface area (Å²) in [5.41, 5.74) is 1.18. The first-order valence-corrected chi connectivity index (χ1v) is 11.1. The molecular weight excluding hydrogens is 400 g/mol. The standard InChI is InChI=1S/C23H30N2O4S/c1-27-19-5-7-20(8-6-19)30-15-10-23(26)25-13-11-24(12-14-25)17-18-4-9-21(28-2)22(16-18)29-3/h4-9,16H,10-15,17H2,1-3H3. The van der Waals surface area contributed by atoms with Crippen LogP contribution in [0.15, 0.2) is 47.4 Å². The molecule has 0 spiro atoms. The minimum Gasteiger partial charge on any atom is -0.497 e. The van der Waals surface area contributed by atoms with Gasteiger partial charge in [-0.15, -0.1) is 11.8 Å². The van der Waals surface area contributed by atoms with E-state index in [1.54, 1.807) is 33.1 Å². The van der Waals surface area contributed by atoms with Gasteiger partial charge in [0.15, 0.2) is 11.5 Å². The van der Waals surface area contributed by atoms with Gasteiger partial charge in [0.1, 0.15) is 5.75 Å². The number of carbonyl (C=O) groups is 1. The summed E-state index contributed by atoms with van der Waals surface area (Å²) < 4.78 is 15.9. The normalized spacial score (nSPS) is 14.4. The number of hydrogen-bond acceptors (Lipinski definition) is 6. The second-order valence-electron chi connectivity index (χ2n) is 7.12. The predicted octanol–water partition coefficient (Wildman–Crippen LogP) is 3.54. The molecule has 3 rings (SSSR count). The molecule has 0 radical (unpaired) electrons. The van der Waals surface area contributed by atoms with Crippen molar-refractivity contribution < 1.29 is 19.0 Å². The molecular formula is C23H30N2O4S. The molecule has 1 fully saturated rings. The van der Waals surface area contributed by atoms with Gasteiger partial charge in [-0.05, 0) is 42.0 Å². The van der Waals surface area contributed by atoms with E-state index in [0.29, 0.717) is 6.42 Å². The Balaban J connectivity index is 1.40. The van der Waals surface area contributed by atoms with Crippen LogP contribution in [0.5, 0.6) is 17.2 Å². The molecule has 0 N–H and O–H groups in total. The van der Waals surface area contributed by atoms with Crippen molar-refractivity contribution in [3.63, 3.8) is 0 Å². The lowest BCUT2D eigenvalue weighted by Gasteiger charge is -2.35. The summed E-state index contributed by atoms with van der Waals surface area (Å²) in [5.74, 6) is 3.36. The Hall–Kier alpha value is -2.38. The summed E-state index contributed by atoms with van der Waals surface area (Å²) in [6, 6.07) is 14.0. The molecule has 2 aromatic rings. The topological polar surface area (TPSA) is 51.2 Å². The molecule has 1 amide bonds. The number of carbonyl (C=O) groups excluding carboxylic acids is 1. The number of amides is 1. The number of ether oxygens (including phenoxy) is 3. The predicted molar refractivity (Wildman–Crippen MR) is 120 cm³/mol. The van der Waals surface area contributed by atoms with Crippen LogP contribution in [0.3, 0.4) is 0 Å². The molecule has 0 aromatic heterocycles. The number of thioether (sulfide) groups is 1. The zero-order valence-corrected chi connectivity index (χ0v) is 18.7. The lowest BCUT2D eigenvalue weighted by atomic mass is 10.1. The number of hydrogen-bond donors (Lipinski definition) is 0. The second kappa shape index (κ2) is 11.1. The number of piperazine rings is 1.